The molecule has 1 unspecified atom stereocenters. The Hall–Kier alpha value is -2.36. The number of nitriles is 1. The molecule has 0 aliphatic heterocycles. The molecule has 108 valence electrons. The van der Waals surface area contributed by atoms with Crippen molar-refractivity contribution >= 4 is 15.7 Å². The fourth-order valence-corrected chi connectivity index (χ4v) is 3.16. The number of benzene rings is 2. The molecule has 5 nitrogen and oxygen atoms in total. The van der Waals surface area contributed by atoms with Gasteiger partial charge in [0.15, 0.2) is 0 Å². The molecule has 2 aromatic rings. The summed E-state index contributed by atoms with van der Waals surface area (Å²) in [4.78, 5) is 0.0730. The molecule has 0 bridgehead atoms. The summed E-state index contributed by atoms with van der Waals surface area (Å²) < 4.78 is 27.2. The zero-order chi connectivity index (χ0) is 15.5. The van der Waals surface area contributed by atoms with Crippen LogP contribution in [0.1, 0.15) is 24.1 Å². The topological polar surface area (TPSA) is 96.0 Å². The van der Waals surface area contributed by atoms with E-state index < -0.39 is 16.1 Å². The highest BCUT2D eigenvalue weighted by atomic mass is 32.2. The number of nitrogens with two attached hydrogens (primary N) is 1. The van der Waals surface area contributed by atoms with E-state index in [2.05, 4.69) is 4.72 Å². The van der Waals surface area contributed by atoms with Gasteiger partial charge in [-0.3, -0.25) is 0 Å². The Kier molecular flexibility index (Phi) is 4.26. The van der Waals surface area contributed by atoms with Crippen LogP contribution in [-0.2, 0) is 10.0 Å². The van der Waals surface area contributed by atoms with Crippen molar-refractivity contribution in [3.63, 3.8) is 0 Å². The van der Waals surface area contributed by atoms with Crippen molar-refractivity contribution in [2.24, 2.45) is 0 Å². The minimum atomic E-state index is -3.68. The molecule has 3 N–H and O–H groups in total. The summed E-state index contributed by atoms with van der Waals surface area (Å²) >= 11 is 0. The highest BCUT2D eigenvalue weighted by Crippen LogP contribution is 2.18. The maximum Gasteiger partial charge on any atom is 0.241 e. The Bertz CT molecular complexity index is 777. The summed E-state index contributed by atoms with van der Waals surface area (Å²) in [6.07, 6.45) is 0. The highest BCUT2D eigenvalue weighted by molar-refractivity contribution is 7.89. The normalized spacial score (nSPS) is 12.6. The zero-order valence-corrected chi connectivity index (χ0v) is 12.3. The predicted molar refractivity (Wildman–Crippen MR) is 80.7 cm³/mol. The highest BCUT2D eigenvalue weighted by Gasteiger charge is 2.18. The Labute approximate surface area is 124 Å². The largest absolute Gasteiger partial charge is 0.399 e. The Morgan fingerprint density at radius 3 is 2.48 bits per heavy atom. The number of nitrogens with one attached hydrogen (secondary N) is 1. The van der Waals surface area contributed by atoms with Crippen molar-refractivity contribution in [1.29, 1.82) is 5.26 Å². The van der Waals surface area contributed by atoms with E-state index in [9.17, 15) is 8.42 Å². The molecule has 2 rings (SSSR count). The summed E-state index contributed by atoms with van der Waals surface area (Å²) in [7, 11) is -3.68. The summed E-state index contributed by atoms with van der Waals surface area (Å²) in [5, 5.41) is 8.84. The van der Waals surface area contributed by atoms with E-state index in [0.29, 0.717) is 11.3 Å². The minimum absolute atomic E-state index is 0.0730. The second-order valence-electron chi connectivity index (χ2n) is 4.65. The molecule has 0 aromatic heterocycles. The van der Waals surface area contributed by atoms with Crippen LogP contribution in [-0.4, -0.2) is 8.42 Å². The number of sulfonamides is 1. The molecule has 21 heavy (non-hydrogen) atoms. The average Bonchev–Trinajstić information content (AvgIpc) is 2.47. The van der Waals surface area contributed by atoms with Gasteiger partial charge in [0.1, 0.15) is 0 Å². The van der Waals surface area contributed by atoms with Crippen LogP contribution in [0.25, 0.3) is 0 Å². The van der Waals surface area contributed by atoms with Gasteiger partial charge in [-0.05, 0) is 42.8 Å². The van der Waals surface area contributed by atoms with Gasteiger partial charge in [0, 0.05) is 11.7 Å². The van der Waals surface area contributed by atoms with E-state index in [1.165, 1.54) is 12.1 Å². The SMILES string of the molecule is CC(NS(=O)(=O)c1cccc(C#N)c1)c1ccc(N)cc1. The summed E-state index contributed by atoms with van der Waals surface area (Å²) in [5.41, 5.74) is 7.34. The molecule has 0 amide bonds. The Morgan fingerprint density at radius 2 is 1.86 bits per heavy atom. The lowest BCUT2D eigenvalue weighted by Crippen LogP contribution is -2.26. The van der Waals surface area contributed by atoms with Gasteiger partial charge in [-0.25, -0.2) is 13.1 Å². The number of anilines is 1. The fourth-order valence-electron chi connectivity index (χ4n) is 1.89. The molecule has 0 saturated heterocycles. The number of nitrogen functional groups attached to an aromatic ring is 1. The van der Waals surface area contributed by atoms with Gasteiger partial charge >= 0.3 is 0 Å². The van der Waals surface area contributed by atoms with Crippen molar-refractivity contribution < 1.29 is 8.42 Å². The molecule has 0 saturated carbocycles. The van der Waals surface area contributed by atoms with Crippen LogP contribution in [0.5, 0.6) is 0 Å². The third-order valence-corrected chi connectivity index (χ3v) is 4.58. The first-order valence-corrected chi connectivity index (χ1v) is 7.78. The molecule has 2 aromatic carbocycles. The van der Waals surface area contributed by atoms with E-state index in [1.54, 1.807) is 43.3 Å². The van der Waals surface area contributed by atoms with Gasteiger partial charge in [-0.2, -0.15) is 5.26 Å². The predicted octanol–water partition coefficient (Wildman–Crippen LogP) is 2.18. The molecule has 0 radical (unpaired) electrons. The molecule has 0 aliphatic carbocycles. The number of hydrogen-bond acceptors (Lipinski definition) is 4. The maximum atomic E-state index is 12.3. The van der Waals surface area contributed by atoms with E-state index in [1.807, 2.05) is 6.07 Å². The number of hydrogen-bond donors (Lipinski definition) is 2. The van der Waals surface area contributed by atoms with Crippen molar-refractivity contribution in [2.75, 3.05) is 5.73 Å². The molecule has 0 aliphatic rings. The molecular weight excluding hydrogens is 286 g/mol. The second kappa shape index (κ2) is 5.95. The van der Waals surface area contributed by atoms with E-state index in [0.717, 1.165) is 5.56 Å². The molecule has 1 atom stereocenters. The standard InChI is InChI=1S/C15H15N3O2S/c1-11(13-5-7-14(17)8-6-13)18-21(19,20)15-4-2-3-12(9-15)10-16/h2-9,11,18H,17H2,1H3. The van der Waals surface area contributed by atoms with Crippen LogP contribution in [0.4, 0.5) is 5.69 Å². The third kappa shape index (κ3) is 3.60. The number of rotatable bonds is 4. The molecule has 0 spiro atoms. The fraction of sp³-hybridized carbons (Fsp3) is 0.133. The van der Waals surface area contributed by atoms with Crippen LogP contribution >= 0.6 is 0 Å². The zero-order valence-electron chi connectivity index (χ0n) is 11.4. The van der Waals surface area contributed by atoms with Crippen LogP contribution < -0.4 is 10.5 Å². The minimum Gasteiger partial charge on any atom is -0.399 e. The average molecular weight is 301 g/mol. The molecule has 0 fully saturated rings. The Balaban J connectivity index is 2.24. The van der Waals surface area contributed by atoms with Crippen LogP contribution in [0.15, 0.2) is 53.4 Å². The monoisotopic (exact) mass is 301 g/mol. The maximum absolute atomic E-state index is 12.3. The lowest BCUT2D eigenvalue weighted by atomic mass is 10.1. The van der Waals surface area contributed by atoms with E-state index >= 15 is 0 Å². The number of nitrogens with zero attached hydrogens (tertiary/aromatic N) is 1. The van der Waals surface area contributed by atoms with Crippen LogP contribution in [0.2, 0.25) is 0 Å². The van der Waals surface area contributed by atoms with Crippen LogP contribution in [0.3, 0.4) is 0 Å². The van der Waals surface area contributed by atoms with E-state index in [-0.39, 0.29) is 4.90 Å². The van der Waals surface area contributed by atoms with E-state index in [4.69, 9.17) is 11.0 Å². The molecule has 0 heterocycles. The molecule has 6 heteroatoms. The van der Waals surface area contributed by atoms with Gasteiger partial charge in [0.25, 0.3) is 0 Å². The Morgan fingerprint density at radius 1 is 1.19 bits per heavy atom. The van der Waals surface area contributed by atoms with Gasteiger partial charge < -0.3 is 5.73 Å². The lowest BCUT2D eigenvalue weighted by Gasteiger charge is -2.15. The summed E-state index contributed by atoms with van der Waals surface area (Å²) in [6.45, 7) is 1.75. The molecular formula is C15H15N3O2S. The summed E-state index contributed by atoms with van der Waals surface area (Å²) in [5.74, 6) is 0. The first kappa shape index (κ1) is 15.0. The first-order valence-electron chi connectivity index (χ1n) is 6.30. The van der Waals surface area contributed by atoms with Crippen molar-refractivity contribution in [1.82, 2.24) is 4.72 Å². The van der Waals surface area contributed by atoms with Crippen LogP contribution in [0, 0.1) is 11.3 Å². The quantitative estimate of drug-likeness (QED) is 0.846. The van der Waals surface area contributed by atoms with Crippen molar-refractivity contribution in [3.8, 4) is 6.07 Å². The summed E-state index contributed by atoms with van der Waals surface area (Å²) in [6, 6.07) is 14.4. The van der Waals surface area contributed by atoms with Gasteiger partial charge in [0.05, 0.1) is 16.5 Å². The van der Waals surface area contributed by atoms with Gasteiger partial charge in [-0.15, -0.1) is 0 Å². The third-order valence-electron chi connectivity index (χ3n) is 3.04. The van der Waals surface area contributed by atoms with Gasteiger partial charge in [0.2, 0.25) is 10.0 Å². The van der Waals surface area contributed by atoms with Crippen molar-refractivity contribution in [3.05, 3.63) is 59.7 Å². The lowest BCUT2D eigenvalue weighted by molar-refractivity contribution is 0.567. The second-order valence-corrected chi connectivity index (χ2v) is 6.36. The van der Waals surface area contributed by atoms with Crippen molar-refractivity contribution in [2.45, 2.75) is 17.9 Å². The smallest absolute Gasteiger partial charge is 0.241 e. The van der Waals surface area contributed by atoms with Gasteiger partial charge in [-0.1, -0.05) is 18.2 Å². The first-order chi connectivity index (χ1) is 9.92.